The van der Waals surface area contributed by atoms with Gasteiger partial charge >= 0.3 is 17.9 Å². The quantitative estimate of drug-likeness (QED) is 0.0929. The van der Waals surface area contributed by atoms with Crippen molar-refractivity contribution in [1.82, 2.24) is 0 Å². The third-order valence-corrected chi connectivity index (χ3v) is 6.70. The van der Waals surface area contributed by atoms with E-state index in [1.807, 2.05) is 0 Å². The molecule has 0 radical (unpaired) electrons. The van der Waals surface area contributed by atoms with Crippen molar-refractivity contribution in [1.29, 1.82) is 0 Å². The van der Waals surface area contributed by atoms with Crippen molar-refractivity contribution in [3.05, 3.63) is 60.7 Å². The lowest BCUT2D eigenvalue weighted by Gasteiger charge is -2.25. The fourth-order valence-electron chi connectivity index (χ4n) is 4.42. The molecule has 0 spiro atoms. The van der Waals surface area contributed by atoms with E-state index in [-0.39, 0.29) is 29.5 Å². The number of benzene rings is 2. The molecule has 0 amide bonds. The summed E-state index contributed by atoms with van der Waals surface area (Å²) >= 11 is 0. The smallest absolute Gasteiger partial charge is 0.330 e. The summed E-state index contributed by atoms with van der Waals surface area (Å²) in [5.74, 6) is 0.123. The molecular weight excluding hydrogens is 516 g/mol. The zero-order chi connectivity index (χ0) is 28.7. The third-order valence-electron chi connectivity index (χ3n) is 6.70. The minimum atomic E-state index is -0.398. The van der Waals surface area contributed by atoms with Crippen molar-refractivity contribution in [2.45, 2.75) is 51.4 Å². The molecule has 9 heteroatoms. The second kappa shape index (κ2) is 16.1. The maximum absolute atomic E-state index is 12.7. The van der Waals surface area contributed by atoms with Crippen LogP contribution in [0.25, 0.3) is 0 Å². The Morgan fingerprint density at radius 1 is 0.800 bits per heavy atom. The second-order valence-electron chi connectivity index (χ2n) is 9.52. The van der Waals surface area contributed by atoms with Crippen LogP contribution in [0.4, 0.5) is 0 Å². The van der Waals surface area contributed by atoms with Gasteiger partial charge in [0.05, 0.1) is 37.7 Å². The molecule has 1 aliphatic rings. The van der Waals surface area contributed by atoms with E-state index in [1.54, 1.807) is 36.4 Å². The number of hydrogen-bond donors (Lipinski definition) is 0. The van der Waals surface area contributed by atoms with Gasteiger partial charge in [-0.1, -0.05) is 6.58 Å². The molecule has 2 aromatic rings. The Bertz CT molecular complexity index is 1150. The molecule has 2 aromatic carbocycles. The molecule has 0 atom stereocenters. The molecule has 1 saturated carbocycles. The molecule has 1 aliphatic carbocycles. The van der Waals surface area contributed by atoms with Crippen LogP contribution in [0.2, 0.25) is 0 Å². The van der Waals surface area contributed by atoms with Crippen LogP contribution >= 0.6 is 0 Å². The first kappa shape index (κ1) is 30.4. The van der Waals surface area contributed by atoms with Gasteiger partial charge in [-0.2, -0.15) is 0 Å². The van der Waals surface area contributed by atoms with Gasteiger partial charge in [0, 0.05) is 6.08 Å². The van der Waals surface area contributed by atoms with Crippen LogP contribution in [0.5, 0.6) is 23.0 Å². The summed E-state index contributed by atoms with van der Waals surface area (Å²) < 4.78 is 26.8. The van der Waals surface area contributed by atoms with E-state index in [0.29, 0.717) is 68.0 Å². The maximum Gasteiger partial charge on any atom is 0.330 e. The number of unbranched alkanes of at least 4 members (excludes halogenated alkanes) is 3. The van der Waals surface area contributed by atoms with Crippen LogP contribution in [-0.4, -0.2) is 44.5 Å². The molecule has 0 aliphatic heterocycles. The molecule has 214 valence electrons. The van der Waals surface area contributed by atoms with Gasteiger partial charge in [-0.05, 0) is 93.8 Å². The number of esters is 3. The van der Waals surface area contributed by atoms with Gasteiger partial charge in [0.1, 0.15) is 23.0 Å². The Morgan fingerprint density at radius 3 is 1.93 bits per heavy atom. The average Bonchev–Trinajstić information content (AvgIpc) is 2.99. The van der Waals surface area contributed by atoms with Gasteiger partial charge in [0.25, 0.3) is 0 Å². The third kappa shape index (κ3) is 9.55. The van der Waals surface area contributed by atoms with Gasteiger partial charge in [-0.3, -0.25) is 14.4 Å². The molecule has 0 unspecified atom stereocenters. The van der Waals surface area contributed by atoms with Crippen LogP contribution in [0.3, 0.4) is 0 Å². The van der Waals surface area contributed by atoms with E-state index >= 15 is 0 Å². The topological polar surface area (TPSA) is 114 Å². The van der Waals surface area contributed by atoms with Crippen LogP contribution in [0, 0.1) is 11.8 Å². The number of carbonyl (C=O) groups excluding carboxylic acids is 4. The zero-order valence-electron chi connectivity index (χ0n) is 22.8. The molecule has 9 nitrogen and oxygen atoms in total. The molecule has 0 bridgehead atoms. The van der Waals surface area contributed by atoms with Crippen molar-refractivity contribution in [2.24, 2.45) is 11.8 Å². The Hall–Kier alpha value is -4.14. The lowest BCUT2D eigenvalue weighted by atomic mass is 9.82. The van der Waals surface area contributed by atoms with Gasteiger partial charge in [0.15, 0.2) is 6.29 Å². The summed E-state index contributed by atoms with van der Waals surface area (Å²) in [6.45, 7) is 4.32. The van der Waals surface area contributed by atoms with Gasteiger partial charge in [0.2, 0.25) is 0 Å². The minimum Gasteiger partial charge on any atom is -0.496 e. The van der Waals surface area contributed by atoms with Crippen molar-refractivity contribution in [3.63, 3.8) is 0 Å². The van der Waals surface area contributed by atoms with Crippen LogP contribution in [0.1, 0.15) is 61.7 Å². The van der Waals surface area contributed by atoms with E-state index < -0.39 is 5.97 Å². The SMILES string of the molecule is C=CC(=O)OCCCCCCOc1ccc(OC(=O)[C@H]2CC[C@H](C(=O)Oc3ccc(OC)c(C=O)c3)CC2)cc1. The van der Waals surface area contributed by atoms with Crippen LogP contribution in [-0.2, 0) is 19.1 Å². The molecular formula is C31H36O9. The molecule has 3 rings (SSSR count). The Morgan fingerprint density at radius 2 is 1.35 bits per heavy atom. The van der Waals surface area contributed by atoms with E-state index in [0.717, 1.165) is 31.8 Å². The largest absolute Gasteiger partial charge is 0.496 e. The van der Waals surface area contributed by atoms with Crippen LogP contribution < -0.4 is 18.9 Å². The number of ether oxygens (including phenoxy) is 5. The number of methoxy groups -OCH3 is 1. The highest BCUT2D eigenvalue weighted by molar-refractivity contribution is 5.82. The molecule has 40 heavy (non-hydrogen) atoms. The summed E-state index contributed by atoms with van der Waals surface area (Å²) in [6.07, 6.45) is 7.47. The fourth-order valence-corrected chi connectivity index (χ4v) is 4.42. The van der Waals surface area contributed by atoms with Gasteiger partial charge in [-0.15, -0.1) is 0 Å². The first-order chi connectivity index (χ1) is 19.4. The maximum atomic E-state index is 12.7. The highest BCUT2D eigenvalue weighted by Crippen LogP contribution is 2.32. The van der Waals surface area contributed by atoms with E-state index in [2.05, 4.69) is 6.58 Å². The predicted octanol–water partition coefficient (Wildman–Crippen LogP) is 5.49. The van der Waals surface area contributed by atoms with Crippen LogP contribution in [0.15, 0.2) is 55.1 Å². The summed E-state index contributed by atoms with van der Waals surface area (Å²) in [5, 5.41) is 0. The Balaban J connectivity index is 1.33. The summed E-state index contributed by atoms with van der Waals surface area (Å²) in [4.78, 5) is 47.5. The predicted molar refractivity (Wildman–Crippen MR) is 147 cm³/mol. The van der Waals surface area contributed by atoms with Crippen molar-refractivity contribution >= 4 is 24.2 Å². The highest BCUT2D eigenvalue weighted by atomic mass is 16.5. The molecule has 0 aromatic heterocycles. The first-order valence-electron chi connectivity index (χ1n) is 13.5. The van der Waals surface area contributed by atoms with Gasteiger partial charge in [-0.25, -0.2) is 4.79 Å². The lowest BCUT2D eigenvalue weighted by molar-refractivity contribution is -0.145. The van der Waals surface area contributed by atoms with Crippen molar-refractivity contribution in [3.8, 4) is 23.0 Å². The standard InChI is InChI=1S/C31H36O9/c1-3-29(33)38-19-7-5-4-6-18-37-25-12-14-26(15-13-25)39-30(34)22-8-10-23(11-9-22)31(35)40-27-16-17-28(36-2)24(20-27)21-32/h3,12-17,20-23H,1,4-11,18-19H2,2H3/t22-,23-. The molecule has 0 heterocycles. The Labute approximate surface area is 234 Å². The second-order valence-corrected chi connectivity index (χ2v) is 9.52. The summed E-state index contributed by atoms with van der Waals surface area (Å²) in [5.41, 5.74) is 0.302. The number of aldehydes is 1. The average molecular weight is 553 g/mol. The monoisotopic (exact) mass is 552 g/mol. The molecule has 1 fully saturated rings. The first-order valence-corrected chi connectivity index (χ1v) is 13.5. The highest BCUT2D eigenvalue weighted by Gasteiger charge is 2.32. The lowest BCUT2D eigenvalue weighted by Crippen LogP contribution is -2.30. The molecule has 0 N–H and O–H groups in total. The number of carbonyl (C=O) groups is 4. The number of hydrogen-bond acceptors (Lipinski definition) is 9. The Kier molecular flexibility index (Phi) is 12.2. The summed E-state index contributed by atoms with van der Waals surface area (Å²) in [6, 6.07) is 11.6. The van der Waals surface area contributed by atoms with Crippen molar-refractivity contribution < 1.29 is 42.9 Å². The molecule has 0 saturated heterocycles. The van der Waals surface area contributed by atoms with E-state index in [4.69, 9.17) is 23.7 Å². The zero-order valence-corrected chi connectivity index (χ0v) is 22.8. The van der Waals surface area contributed by atoms with E-state index in [9.17, 15) is 19.2 Å². The van der Waals surface area contributed by atoms with Crippen molar-refractivity contribution in [2.75, 3.05) is 20.3 Å². The summed E-state index contributed by atoms with van der Waals surface area (Å²) in [7, 11) is 1.46. The number of rotatable bonds is 15. The fraction of sp³-hybridized carbons (Fsp3) is 0.419. The minimum absolute atomic E-state index is 0.283. The normalized spacial score (nSPS) is 16.3. The van der Waals surface area contributed by atoms with Gasteiger partial charge < -0.3 is 23.7 Å². The van der Waals surface area contributed by atoms with E-state index in [1.165, 1.54) is 13.2 Å².